The van der Waals surface area contributed by atoms with Crippen molar-refractivity contribution in [3.8, 4) is 17.2 Å². The molecule has 51 heavy (non-hydrogen) atoms. The number of aryl methyl sites for hydroxylation is 1. The summed E-state index contributed by atoms with van der Waals surface area (Å²) < 4.78 is 24.0. The zero-order valence-electron chi connectivity index (χ0n) is 31.7. The maximum Gasteiger partial charge on any atom is 0.254 e. The highest BCUT2D eigenvalue weighted by Crippen LogP contribution is 2.41. The van der Waals surface area contributed by atoms with Crippen LogP contribution in [0.2, 0.25) is 5.02 Å². The van der Waals surface area contributed by atoms with Crippen molar-refractivity contribution in [2.45, 2.75) is 71.8 Å². The van der Waals surface area contributed by atoms with Crippen molar-refractivity contribution in [2.24, 2.45) is 0 Å². The molecule has 1 fully saturated rings. The Kier molecular flexibility index (Phi) is 15.5. The zero-order valence-corrected chi connectivity index (χ0v) is 32.4. The third-order valence-electron chi connectivity index (χ3n) is 9.79. The Balaban J connectivity index is 0.000000322. The molecule has 3 aromatic carbocycles. The van der Waals surface area contributed by atoms with Gasteiger partial charge >= 0.3 is 0 Å². The van der Waals surface area contributed by atoms with Gasteiger partial charge in [0.1, 0.15) is 5.82 Å². The van der Waals surface area contributed by atoms with Gasteiger partial charge in [-0.2, -0.15) is 0 Å². The summed E-state index contributed by atoms with van der Waals surface area (Å²) in [6.07, 6.45) is 5.46. The molecule has 0 radical (unpaired) electrons. The second-order valence-electron chi connectivity index (χ2n) is 13.1. The van der Waals surface area contributed by atoms with Crippen molar-refractivity contribution in [1.29, 1.82) is 0 Å². The molecule has 0 saturated carbocycles. The summed E-state index contributed by atoms with van der Waals surface area (Å²) in [5.41, 5.74) is 3.92. The number of para-hydroxylation sites is 2. The van der Waals surface area contributed by atoms with Gasteiger partial charge in [0.2, 0.25) is 5.75 Å². The van der Waals surface area contributed by atoms with Crippen molar-refractivity contribution in [2.75, 3.05) is 67.3 Å². The molecule has 9 nitrogen and oxygen atoms in total. The van der Waals surface area contributed by atoms with Crippen LogP contribution in [0.3, 0.4) is 0 Å². The van der Waals surface area contributed by atoms with E-state index >= 15 is 0 Å². The van der Waals surface area contributed by atoms with Crippen LogP contribution < -0.4 is 14.2 Å². The second-order valence-corrected chi connectivity index (χ2v) is 13.6. The number of hydrogen-bond acceptors (Lipinski definition) is 7. The van der Waals surface area contributed by atoms with E-state index in [-0.39, 0.29) is 11.3 Å². The summed E-state index contributed by atoms with van der Waals surface area (Å²) in [4.78, 5) is 22.7. The number of amides is 1. The summed E-state index contributed by atoms with van der Waals surface area (Å²) in [6.45, 7) is 15.5. The molecule has 10 heteroatoms. The van der Waals surface area contributed by atoms with Gasteiger partial charge in [0.05, 0.1) is 39.0 Å². The van der Waals surface area contributed by atoms with Crippen molar-refractivity contribution >= 4 is 28.5 Å². The molecule has 1 saturated heterocycles. The maximum absolute atomic E-state index is 13.7. The number of imidazole rings is 1. The maximum atomic E-state index is 13.7. The summed E-state index contributed by atoms with van der Waals surface area (Å²) >= 11 is 6.22. The molecule has 5 rings (SSSR count). The molecular formula is C41H57ClN4O5. The first-order valence-electron chi connectivity index (χ1n) is 18.3. The van der Waals surface area contributed by atoms with E-state index < -0.39 is 0 Å². The molecule has 1 aromatic heterocycles. The molecular weight excluding hydrogens is 664 g/mol. The Morgan fingerprint density at radius 3 is 2.25 bits per heavy atom. The first kappa shape index (κ1) is 40.0. The number of benzene rings is 3. The highest BCUT2D eigenvalue weighted by atomic mass is 35.5. The van der Waals surface area contributed by atoms with Gasteiger partial charge in [0, 0.05) is 42.2 Å². The lowest BCUT2D eigenvalue weighted by Crippen LogP contribution is -2.38. The number of rotatable bonds is 17. The van der Waals surface area contributed by atoms with Crippen LogP contribution in [0.4, 0.5) is 0 Å². The van der Waals surface area contributed by atoms with E-state index in [4.69, 9.17) is 30.5 Å². The highest BCUT2D eigenvalue weighted by molar-refractivity contribution is 6.30. The lowest BCUT2D eigenvalue weighted by Gasteiger charge is -2.33. The summed E-state index contributed by atoms with van der Waals surface area (Å²) in [6, 6.07) is 19.9. The van der Waals surface area contributed by atoms with Crippen molar-refractivity contribution in [3.63, 3.8) is 0 Å². The Morgan fingerprint density at radius 2 is 1.63 bits per heavy atom. The molecule has 1 aliphatic heterocycles. The minimum Gasteiger partial charge on any atom is -0.493 e. The van der Waals surface area contributed by atoms with Crippen LogP contribution in [0.5, 0.6) is 17.2 Å². The lowest BCUT2D eigenvalue weighted by molar-refractivity contribution is 0.0780. The predicted molar refractivity (Wildman–Crippen MR) is 207 cm³/mol. The number of fused-ring (bicyclic) bond motifs is 1. The van der Waals surface area contributed by atoms with Gasteiger partial charge in [-0.15, -0.1) is 0 Å². The van der Waals surface area contributed by atoms with Crippen molar-refractivity contribution < 1.29 is 23.7 Å². The largest absolute Gasteiger partial charge is 0.493 e. The second kappa shape index (κ2) is 19.7. The summed E-state index contributed by atoms with van der Waals surface area (Å²) in [5.74, 6) is 2.47. The number of carbonyl (C=O) groups excluding carboxylic acids is 1. The molecule has 1 atom stereocenters. The topological polar surface area (TPSA) is 78.3 Å². The van der Waals surface area contributed by atoms with Crippen molar-refractivity contribution in [1.82, 2.24) is 19.4 Å². The van der Waals surface area contributed by atoms with Gasteiger partial charge in [-0.3, -0.25) is 4.79 Å². The Morgan fingerprint density at radius 1 is 0.922 bits per heavy atom. The van der Waals surface area contributed by atoms with Crippen LogP contribution in [-0.4, -0.2) is 92.5 Å². The van der Waals surface area contributed by atoms with Crippen LogP contribution >= 0.6 is 11.6 Å². The molecule has 1 amide bonds. The Labute approximate surface area is 309 Å². The average Bonchev–Trinajstić information content (AvgIpc) is 3.73. The Bertz CT molecular complexity index is 1650. The van der Waals surface area contributed by atoms with E-state index in [0.29, 0.717) is 35.9 Å². The predicted octanol–water partition coefficient (Wildman–Crippen LogP) is 8.43. The average molecular weight is 721 g/mol. The fourth-order valence-electron chi connectivity index (χ4n) is 7.00. The first-order valence-corrected chi connectivity index (χ1v) is 18.7. The van der Waals surface area contributed by atoms with Crippen LogP contribution in [0.15, 0.2) is 60.7 Å². The molecule has 0 aliphatic carbocycles. The standard InChI is InChI=1S/C29H41ClN2O4.C12H16N2O/c1-6-8-16-31(15-7-2)17-13-29(23-9-11-24(30)12-10-23)14-18-32(21-29)28(33)22-19-25(34-3)27(36-5)26(20-22)35-4;1-3-15-9-8-14-10(2)13-11-6-4-5-7-12(11)14/h9-12,19-20H,6-8,13-18,21H2,1-5H3;4-7H,3,8-9H2,1-2H3. The van der Waals surface area contributed by atoms with Crippen LogP contribution in [0.25, 0.3) is 11.0 Å². The summed E-state index contributed by atoms with van der Waals surface area (Å²) in [5, 5.41) is 0.729. The minimum atomic E-state index is -0.112. The molecule has 1 aliphatic rings. The van der Waals surface area contributed by atoms with E-state index in [0.717, 1.165) is 75.0 Å². The zero-order chi connectivity index (χ0) is 36.8. The number of nitrogens with zero attached hydrogens (tertiary/aromatic N) is 4. The number of unbranched alkanes of at least 4 members (excludes halogenated alkanes) is 1. The third kappa shape index (κ3) is 10.2. The number of ether oxygens (including phenoxy) is 4. The molecule has 0 spiro atoms. The fraction of sp³-hybridized carbons (Fsp3) is 0.512. The van der Waals surface area contributed by atoms with E-state index in [2.05, 4.69) is 46.5 Å². The van der Waals surface area contributed by atoms with Crippen LogP contribution in [-0.2, 0) is 16.7 Å². The van der Waals surface area contributed by atoms with Gasteiger partial charge in [0.25, 0.3) is 5.91 Å². The third-order valence-corrected chi connectivity index (χ3v) is 10.0. The minimum absolute atomic E-state index is 0.0264. The molecule has 0 N–H and O–H groups in total. The molecule has 2 heterocycles. The fourth-order valence-corrected chi connectivity index (χ4v) is 7.13. The molecule has 278 valence electrons. The SMILES string of the molecule is CCCCN(CCC)CCC1(c2ccc(Cl)cc2)CCN(C(=O)c2cc(OC)c(OC)c(OC)c2)C1.CCOCCn1c(C)nc2ccccc21. The number of likely N-dealkylation sites (tertiary alicyclic amines) is 1. The van der Waals surface area contributed by atoms with Gasteiger partial charge in [-0.1, -0.05) is 56.1 Å². The first-order chi connectivity index (χ1) is 24.7. The number of aromatic nitrogens is 2. The van der Waals surface area contributed by atoms with Crippen LogP contribution in [0, 0.1) is 6.92 Å². The van der Waals surface area contributed by atoms with Gasteiger partial charge in [-0.25, -0.2) is 4.98 Å². The van der Waals surface area contributed by atoms with Gasteiger partial charge in [-0.05, 0) is 101 Å². The van der Waals surface area contributed by atoms with E-state index in [1.165, 1.54) is 23.9 Å². The monoisotopic (exact) mass is 720 g/mol. The lowest BCUT2D eigenvalue weighted by atomic mass is 9.76. The summed E-state index contributed by atoms with van der Waals surface area (Å²) in [7, 11) is 4.69. The van der Waals surface area contributed by atoms with E-state index in [9.17, 15) is 4.79 Å². The number of methoxy groups -OCH3 is 3. The molecule has 1 unspecified atom stereocenters. The van der Waals surface area contributed by atoms with E-state index in [1.54, 1.807) is 33.5 Å². The normalized spacial score (nSPS) is 15.6. The molecule has 4 aromatic rings. The smallest absolute Gasteiger partial charge is 0.254 e. The van der Waals surface area contributed by atoms with Crippen molar-refractivity contribution in [3.05, 3.63) is 82.6 Å². The van der Waals surface area contributed by atoms with Crippen LogP contribution in [0.1, 0.15) is 74.6 Å². The van der Waals surface area contributed by atoms with Gasteiger partial charge < -0.3 is 33.3 Å². The number of halogens is 1. The quantitative estimate of drug-likeness (QED) is 0.101. The highest BCUT2D eigenvalue weighted by Gasteiger charge is 2.41. The van der Waals surface area contributed by atoms with Gasteiger partial charge in [0.15, 0.2) is 11.5 Å². The number of hydrogen-bond donors (Lipinski definition) is 0. The van der Waals surface area contributed by atoms with E-state index in [1.807, 2.05) is 49.1 Å². The Hall–Kier alpha value is -3.79. The number of carbonyl (C=O) groups is 1. The molecule has 0 bridgehead atoms.